The molecule has 0 spiro atoms. The fourth-order valence-electron chi connectivity index (χ4n) is 0.865. The van der Waals surface area contributed by atoms with Gasteiger partial charge in [0.05, 0.1) is 0 Å². The lowest BCUT2D eigenvalue weighted by Crippen LogP contribution is -2.21. The lowest BCUT2D eigenvalue weighted by Gasteiger charge is -2.15. The number of carbonyl (C=O) groups excluding carboxylic acids is 1. The molecule has 1 heterocycles. The van der Waals surface area contributed by atoms with Gasteiger partial charge >= 0.3 is 13.8 Å². The van der Waals surface area contributed by atoms with Crippen LogP contribution in [0.4, 0.5) is 0 Å². The first-order chi connectivity index (χ1) is 6.40. The molecule has 0 aromatic heterocycles. The molecule has 0 unspecified atom stereocenters. The molecular weight excluding hydrogens is 211 g/mol. The van der Waals surface area contributed by atoms with Gasteiger partial charge in [-0.1, -0.05) is 6.58 Å². The van der Waals surface area contributed by atoms with Crippen LogP contribution in [0, 0.1) is 0 Å². The molecule has 1 aliphatic rings. The van der Waals surface area contributed by atoms with Crippen molar-refractivity contribution in [2.45, 2.75) is 6.42 Å². The van der Waals surface area contributed by atoms with E-state index < -0.39 is 13.8 Å². The van der Waals surface area contributed by atoms with E-state index >= 15 is 0 Å². The largest absolute Gasteiger partial charge is 0.527 e. The Kier molecular flexibility index (Phi) is 3.05. The average Bonchev–Trinajstić information content (AvgIpc) is 2.51. The zero-order valence-electron chi connectivity index (χ0n) is 7.16. The molecular formula is C6H9N2O5P. The van der Waals surface area contributed by atoms with Crippen LogP contribution in [-0.4, -0.2) is 33.5 Å². The molecule has 0 bridgehead atoms. The van der Waals surface area contributed by atoms with Gasteiger partial charge in [-0.25, -0.2) is 9.36 Å². The minimum atomic E-state index is -4.80. The summed E-state index contributed by atoms with van der Waals surface area (Å²) in [5, 5.41) is 4.96. The van der Waals surface area contributed by atoms with E-state index in [1.165, 1.54) is 5.01 Å². The van der Waals surface area contributed by atoms with Gasteiger partial charge in [0.2, 0.25) is 0 Å². The second-order valence-electron chi connectivity index (χ2n) is 2.53. The van der Waals surface area contributed by atoms with Gasteiger partial charge in [-0.2, -0.15) is 5.10 Å². The van der Waals surface area contributed by atoms with Crippen LogP contribution >= 0.6 is 7.82 Å². The van der Waals surface area contributed by atoms with E-state index in [-0.39, 0.29) is 5.70 Å². The van der Waals surface area contributed by atoms with Crippen LogP contribution < -0.4 is 0 Å². The van der Waals surface area contributed by atoms with Gasteiger partial charge in [-0.3, -0.25) is 14.8 Å². The SMILES string of the molecule is C=C(C(=O)OP(=O)(O)O)N1CCC=N1. The van der Waals surface area contributed by atoms with Crippen molar-refractivity contribution in [3.8, 4) is 0 Å². The summed E-state index contributed by atoms with van der Waals surface area (Å²) in [6, 6.07) is 0. The first-order valence-electron chi connectivity index (χ1n) is 3.68. The summed E-state index contributed by atoms with van der Waals surface area (Å²) in [6.45, 7) is 3.77. The Morgan fingerprint density at radius 1 is 1.64 bits per heavy atom. The predicted octanol–water partition coefficient (Wildman–Crippen LogP) is -0.173. The van der Waals surface area contributed by atoms with Crippen LogP contribution in [0.5, 0.6) is 0 Å². The minimum absolute atomic E-state index is 0.193. The third-order valence-electron chi connectivity index (χ3n) is 1.44. The van der Waals surface area contributed by atoms with Crippen LogP contribution in [0.1, 0.15) is 6.42 Å². The van der Waals surface area contributed by atoms with Crippen molar-refractivity contribution in [3.05, 3.63) is 12.3 Å². The van der Waals surface area contributed by atoms with Crippen LogP contribution in [0.15, 0.2) is 17.4 Å². The minimum Gasteiger partial charge on any atom is -0.366 e. The average molecular weight is 220 g/mol. The highest BCUT2D eigenvalue weighted by Gasteiger charge is 2.26. The lowest BCUT2D eigenvalue weighted by molar-refractivity contribution is -0.133. The molecule has 14 heavy (non-hydrogen) atoms. The third-order valence-corrected chi connectivity index (χ3v) is 1.84. The van der Waals surface area contributed by atoms with E-state index in [4.69, 9.17) is 9.79 Å². The van der Waals surface area contributed by atoms with Crippen LogP contribution in [-0.2, 0) is 13.9 Å². The number of hydrogen-bond donors (Lipinski definition) is 2. The summed E-state index contributed by atoms with van der Waals surface area (Å²) >= 11 is 0. The number of rotatable bonds is 3. The normalized spacial score (nSPS) is 15.7. The quantitative estimate of drug-likeness (QED) is 0.505. The van der Waals surface area contributed by atoms with Crippen LogP contribution in [0.3, 0.4) is 0 Å². The molecule has 0 aromatic rings. The summed E-state index contributed by atoms with van der Waals surface area (Å²) in [7, 11) is -4.80. The van der Waals surface area contributed by atoms with Crippen molar-refractivity contribution in [1.29, 1.82) is 0 Å². The van der Waals surface area contributed by atoms with Gasteiger partial charge in [-0.15, -0.1) is 0 Å². The van der Waals surface area contributed by atoms with E-state index in [1.807, 2.05) is 0 Å². The molecule has 0 fully saturated rings. The highest BCUT2D eigenvalue weighted by molar-refractivity contribution is 7.46. The standard InChI is InChI=1S/C6H9N2O5P/c1-5(8-4-2-3-7-8)6(9)13-14(10,11)12/h3H,1-2,4H2,(H2,10,11,12). The Morgan fingerprint density at radius 3 is 2.71 bits per heavy atom. The van der Waals surface area contributed by atoms with Gasteiger partial charge in [-0.05, 0) is 0 Å². The Balaban J connectivity index is 2.57. The van der Waals surface area contributed by atoms with Crippen molar-refractivity contribution in [3.63, 3.8) is 0 Å². The molecule has 0 aromatic carbocycles. The second kappa shape index (κ2) is 3.91. The van der Waals surface area contributed by atoms with Gasteiger partial charge < -0.3 is 4.52 Å². The fraction of sp³-hybridized carbons (Fsp3) is 0.333. The summed E-state index contributed by atoms with van der Waals surface area (Å²) < 4.78 is 14.1. The molecule has 7 nitrogen and oxygen atoms in total. The van der Waals surface area contributed by atoms with Gasteiger partial charge in [0.15, 0.2) is 0 Å². The van der Waals surface area contributed by atoms with Gasteiger partial charge in [0.1, 0.15) is 5.70 Å². The Bertz CT molecular complexity index is 333. The molecule has 0 saturated carbocycles. The maximum atomic E-state index is 11.0. The lowest BCUT2D eigenvalue weighted by atomic mass is 10.4. The number of carbonyl (C=O) groups is 1. The fourth-order valence-corrected chi connectivity index (χ4v) is 1.19. The summed E-state index contributed by atoms with van der Waals surface area (Å²) in [5.74, 6) is -1.17. The molecule has 1 rings (SSSR count). The summed E-state index contributed by atoms with van der Waals surface area (Å²) in [5.41, 5.74) is -0.193. The van der Waals surface area contributed by atoms with Crippen molar-refractivity contribution < 1.29 is 23.7 Å². The van der Waals surface area contributed by atoms with Gasteiger partial charge in [0.25, 0.3) is 0 Å². The van der Waals surface area contributed by atoms with Crippen LogP contribution in [0.2, 0.25) is 0 Å². The van der Waals surface area contributed by atoms with E-state index in [0.717, 1.165) is 0 Å². The van der Waals surface area contributed by atoms with Crippen molar-refractivity contribution in [2.75, 3.05) is 6.54 Å². The third kappa shape index (κ3) is 2.95. The predicted molar refractivity (Wildman–Crippen MR) is 47.1 cm³/mol. The first kappa shape index (κ1) is 10.9. The molecule has 0 atom stereocenters. The summed E-state index contributed by atoms with van der Waals surface area (Å²) in [6.07, 6.45) is 2.22. The van der Waals surface area contributed by atoms with Gasteiger partial charge in [0, 0.05) is 19.2 Å². The van der Waals surface area contributed by atoms with E-state index in [0.29, 0.717) is 13.0 Å². The highest BCUT2D eigenvalue weighted by Crippen LogP contribution is 2.37. The number of hydrogen-bond acceptors (Lipinski definition) is 5. The van der Waals surface area contributed by atoms with Crippen LogP contribution in [0.25, 0.3) is 0 Å². The summed E-state index contributed by atoms with van der Waals surface area (Å²) in [4.78, 5) is 27.7. The van der Waals surface area contributed by atoms with Crippen molar-refractivity contribution in [2.24, 2.45) is 5.10 Å². The van der Waals surface area contributed by atoms with E-state index in [2.05, 4.69) is 16.2 Å². The zero-order valence-corrected chi connectivity index (χ0v) is 8.05. The number of nitrogens with zero attached hydrogens (tertiary/aromatic N) is 2. The maximum Gasteiger partial charge on any atom is 0.527 e. The highest BCUT2D eigenvalue weighted by atomic mass is 31.2. The molecule has 78 valence electrons. The maximum absolute atomic E-state index is 11.0. The molecule has 1 aliphatic heterocycles. The molecule has 0 amide bonds. The Morgan fingerprint density at radius 2 is 2.29 bits per heavy atom. The molecule has 8 heteroatoms. The number of hydrazone groups is 1. The molecule has 2 N–H and O–H groups in total. The first-order valence-corrected chi connectivity index (χ1v) is 5.21. The second-order valence-corrected chi connectivity index (χ2v) is 3.69. The molecule has 0 radical (unpaired) electrons. The topological polar surface area (TPSA) is 99.4 Å². The number of phosphoric acid groups is 1. The van der Waals surface area contributed by atoms with Crippen molar-refractivity contribution >= 4 is 20.0 Å². The number of phosphoric ester groups is 1. The molecule has 0 aliphatic carbocycles. The zero-order chi connectivity index (χ0) is 10.8. The Hall–Kier alpha value is -1.17. The van der Waals surface area contributed by atoms with E-state index in [9.17, 15) is 9.36 Å². The monoisotopic (exact) mass is 220 g/mol. The smallest absolute Gasteiger partial charge is 0.366 e. The van der Waals surface area contributed by atoms with E-state index in [1.54, 1.807) is 6.21 Å². The molecule has 0 saturated heterocycles. The Labute approximate surface area is 79.9 Å². The van der Waals surface area contributed by atoms with Crippen molar-refractivity contribution in [1.82, 2.24) is 5.01 Å².